The average molecular weight is 1610 g/mol. The average Bonchev–Trinajstić information content (AvgIpc) is 1.51. The number of hydrogen-bond donors (Lipinski definition) is 21. The number of primary amides is 1. The Morgan fingerprint density at radius 3 is 1.67 bits per heavy atom. The van der Waals surface area contributed by atoms with E-state index in [-0.39, 0.29) is 37.8 Å². The number of carboxylic acids is 4. The van der Waals surface area contributed by atoms with Crippen LogP contribution in [-0.2, 0) is 102 Å². The van der Waals surface area contributed by atoms with Crippen LogP contribution in [0, 0.1) is 5.92 Å². The molecule has 1 fully saturated rings. The Balaban J connectivity index is 1.86. The number of cyclic esters (lactones) is 1. The smallest absolute Gasteiger partial charge is 0.329 e. The lowest BCUT2D eigenvalue weighted by molar-refractivity contribution is -0.156. The van der Waals surface area contributed by atoms with Gasteiger partial charge in [-0.25, -0.2) is 4.79 Å². The number of H-pyrrole nitrogens is 1. The predicted molar refractivity (Wildman–Crippen MR) is 396 cm³/mol. The van der Waals surface area contributed by atoms with E-state index < -0.39 is 255 Å². The number of rotatable bonds is 35. The van der Waals surface area contributed by atoms with E-state index in [0.29, 0.717) is 29.3 Å². The Morgan fingerprint density at radius 1 is 0.535 bits per heavy atom. The standard InChI is InChI=1S/C72H100N16O26/c1-5-6-7-8-9-10-14-23-53(92)80-44(26-40-32-75-42-21-16-15-20-41(40)42)66(107)83-45(28-52(74)91)67(108)85-48(31-59(101)102)68(109)88-61-38(4)114-72(113)49(27-51(90)39-18-12-11-13-19-39)86-71(112)60(36(2)25-56(95)96)87-69(110)50(35-89)81-55(94)33-76-63(104)46(29-57(97)98)82-62(103)37(3)78-65(106)47(30-58(99)100)84-64(105)43(22-17-24-73)79-54(93)34-77-70(61)111/h11-13,15-16,18-21,32,36-38,43-50,60-61,75,89H,5-10,14,17,22-31,33-35,73H2,1-4H3,(H2,74,91)(H,76,104)(H,77,111)(H,78,106)(H,79,93)(H,80,92)(H,81,94)(H,82,103)(H,83,107)(H,84,105)(H,85,108)(H,86,112)(H,87,110)(H,88,109)(H,95,96)(H,97,98)(H,99,100)(H,101,102). The first-order valence-corrected chi connectivity index (χ1v) is 36.6. The SMILES string of the molecule is CCCCCCCCCC(=O)NC(Cc1c[nH]c2ccccc12)C(=O)NC(CC(N)=O)C(=O)NC(CC(=O)O)C(=O)NC1C(=O)NCC(=O)NC(CCCN)C(=O)NC(CC(=O)O)C(=O)NC(C)C(=O)NC(CC(=O)O)C(=O)NCC(=O)NC(CO)C(=O)NC(C(C)CC(=O)O)C(=O)NC(CC(=O)c2ccccc2)C(=O)OC1C. The zero-order chi connectivity index (χ0) is 84.9. The normalized spacial score (nSPS) is 21.3. The minimum atomic E-state index is -2.43. The molecule has 14 amide bonds. The van der Waals surface area contributed by atoms with E-state index in [1.165, 1.54) is 30.3 Å². The Bertz CT molecular complexity index is 3970. The molecule has 23 N–H and O–H groups in total. The molecule has 1 aromatic heterocycles. The van der Waals surface area contributed by atoms with Gasteiger partial charge >= 0.3 is 29.8 Å². The maximum atomic E-state index is 14.8. The second kappa shape index (κ2) is 47.7. The number of unbranched alkanes of at least 4 members (excludes halogenated alkanes) is 6. The summed E-state index contributed by atoms with van der Waals surface area (Å²) >= 11 is 0. The number of aromatic nitrogens is 1. The number of amides is 14. The van der Waals surface area contributed by atoms with Crippen molar-refractivity contribution in [3.63, 3.8) is 0 Å². The maximum Gasteiger partial charge on any atom is 0.329 e. The van der Waals surface area contributed by atoms with Gasteiger partial charge in [-0.2, -0.15) is 0 Å². The third-order valence-corrected chi connectivity index (χ3v) is 17.7. The van der Waals surface area contributed by atoms with Crippen LogP contribution in [0.15, 0.2) is 60.8 Å². The molecule has 13 atom stereocenters. The summed E-state index contributed by atoms with van der Waals surface area (Å²) in [4.78, 5) is 276. The molecule has 3 aromatic rings. The molecular weight excluding hydrogens is 1500 g/mol. The van der Waals surface area contributed by atoms with E-state index in [2.05, 4.69) is 65.1 Å². The molecule has 2 heterocycles. The summed E-state index contributed by atoms with van der Waals surface area (Å²) in [5.74, 6) is -29.4. The van der Waals surface area contributed by atoms with Crippen LogP contribution in [0.1, 0.15) is 146 Å². The van der Waals surface area contributed by atoms with Crippen molar-refractivity contribution in [3.8, 4) is 0 Å². The topological polar surface area (TPSA) is 676 Å². The van der Waals surface area contributed by atoms with Crippen molar-refractivity contribution in [1.29, 1.82) is 0 Å². The number of aliphatic hydroxyl groups is 1. The molecule has 13 unspecified atom stereocenters. The van der Waals surface area contributed by atoms with Gasteiger partial charge in [0.25, 0.3) is 0 Å². The van der Waals surface area contributed by atoms with Gasteiger partial charge in [-0.3, -0.25) is 91.1 Å². The van der Waals surface area contributed by atoms with E-state index >= 15 is 0 Å². The summed E-state index contributed by atoms with van der Waals surface area (Å²) in [5.41, 5.74) is 12.4. The number of aliphatic carboxylic acids is 4. The molecule has 42 nitrogen and oxygen atoms in total. The van der Waals surface area contributed by atoms with Crippen LogP contribution in [0.25, 0.3) is 10.9 Å². The highest BCUT2D eigenvalue weighted by atomic mass is 16.5. The third kappa shape index (κ3) is 32.4. The second-order valence-electron chi connectivity index (χ2n) is 27.0. The summed E-state index contributed by atoms with van der Waals surface area (Å²) in [7, 11) is 0. The Labute approximate surface area is 652 Å². The first-order valence-electron chi connectivity index (χ1n) is 36.6. The molecule has 624 valence electrons. The first-order chi connectivity index (χ1) is 53.9. The van der Waals surface area contributed by atoms with Gasteiger partial charge in [0.2, 0.25) is 82.7 Å². The van der Waals surface area contributed by atoms with E-state index in [4.69, 9.17) is 16.2 Å². The molecule has 114 heavy (non-hydrogen) atoms. The van der Waals surface area contributed by atoms with Gasteiger partial charge in [0, 0.05) is 41.9 Å². The number of Topliss-reactive ketones (excluding diaryl/α,β-unsaturated/α-hetero) is 1. The number of nitrogens with one attached hydrogen (secondary N) is 14. The third-order valence-electron chi connectivity index (χ3n) is 17.7. The number of aromatic amines is 1. The molecule has 0 radical (unpaired) electrons. The summed E-state index contributed by atoms with van der Waals surface area (Å²) in [6.45, 7) is 1.19. The number of para-hydroxylation sites is 1. The van der Waals surface area contributed by atoms with Gasteiger partial charge in [0.1, 0.15) is 72.6 Å². The lowest BCUT2D eigenvalue weighted by atomic mass is 9.96. The minimum Gasteiger partial charge on any atom is -0.481 e. The first kappa shape index (κ1) is 93.9. The molecule has 42 heteroatoms. The molecular formula is C72H100N16O26. The Morgan fingerprint density at radius 2 is 1.07 bits per heavy atom. The number of fused-ring (bicyclic) bond motifs is 1. The molecule has 0 aliphatic carbocycles. The molecule has 0 bridgehead atoms. The van der Waals surface area contributed by atoms with Crippen molar-refractivity contribution < 1.29 is 126 Å². The number of aliphatic hydroxyl groups excluding tert-OH is 1. The number of ketones is 1. The maximum absolute atomic E-state index is 14.8. The van der Waals surface area contributed by atoms with Crippen molar-refractivity contribution in [2.45, 2.75) is 209 Å². The van der Waals surface area contributed by atoms with Gasteiger partial charge in [-0.1, -0.05) is 101 Å². The van der Waals surface area contributed by atoms with Gasteiger partial charge in [-0.15, -0.1) is 0 Å². The summed E-state index contributed by atoms with van der Waals surface area (Å²) in [5, 5.41) is 78.7. The van der Waals surface area contributed by atoms with E-state index in [9.17, 15) is 121 Å². The van der Waals surface area contributed by atoms with Crippen LogP contribution in [0.2, 0.25) is 0 Å². The molecule has 2 aromatic carbocycles. The van der Waals surface area contributed by atoms with Crippen LogP contribution >= 0.6 is 0 Å². The van der Waals surface area contributed by atoms with Crippen LogP contribution in [0.3, 0.4) is 0 Å². The summed E-state index contributed by atoms with van der Waals surface area (Å²) in [6.07, 6.45) is -2.13. The highest BCUT2D eigenvalue weighted by Crippen LogP contribution is 2.21. The van der Waals surface area contributed by atoms with E-state index in [0.717, 1.165) is 52.9 Å². The number of carbonyl (C=O) groups excluding carboxylic acids is 16. The fraction of sp³-hybridized carbons (Fsp3) is 0.528. The highest BCUT2D eigenvalue weighted by Gasteiger charge is 2.41. The summed E-state index contributed by atoms with van der Waals surface area (Å²) in [6, 6.07) is -8.69. The number of esters is 1. The number of hydrogen-bond acceptors (Lipinski definition) is 23. The molecule has 0 spiro atoms. The number of benzene rings is 2. The largest absolute Gasteiger partial charge is 0.481 e. The number of nitrogens with two attached hydrogens (primary N) is 2. The van der Waals surface area contributed by atoms with E-state index in [1.807, 2.05) is 16.0 Å². The zero-order valence-electron chi connectivity index (χ0n) is 63.1. The molecule has 1 aliphatic rings. The lowest BCUT2D eigenvalue weighted by Crippen LogP contribution is -2.62. The van der Waals surface area contributed by atoms with Gasteiger partial charge in [-0.05, 0) is 57.2 Å². The van der Waals surface area contributed by atoms with Crippen molar-refractivity contribution in [2.75, 3.05) is 26.2 Å². The molecule has 4 rings (SSSR count). The Hall–Kier alpha value is -12.5. The van der Waals surface area contributed by atoms with Gasteiger partial charge in [0.05, 0.1) is 51.8 Å². The minimum absolute atomic E-state index is 0.0142. The van der Waals surface area contributed by atoms with Gasteiger partial charge < -0.3 is 116 Å². The Kier molecular flexibility index (Phi) is 39.2. The molecule has 1 aliphatic heterocycles. The number of carbonyl (C=O) groups is 20. The monoisotopic (exact) mass is 1600 g/mol. The summed E-state index contributed by atoms with van der Waals surface area (Å²) < 4.78 is 5.68. The van der Waals surface area contributed by atoms with Crippen molar-refractivity contribution in [3.05, 3.63) is 71.9 Å². The van der Waals surface area contributed by atoms with E-state index in [1.54, 1.807) is 30.5 Å². The van der Waals surface area contributed by atoms with Crippen molar-refractivity contribution >= 4 is 129 Å². The highest BCUT2D eigenvalue weighted by molar-refractivity contribution is 6.03. The van der Waals surface area contributed by atoms with Crippen molar-refractivity contribution in [1.82, 2.24) is 74.1 Å². The fourth-order valence-corrected chi connectivity index (χ4v) is 11.6. The number of ether oxygens (including phenoxy) is 1. The molecule has 0 saturated carbocycles. The van der Waals surface area contributed by atoms with Crippen LogP contribution in [0.5, 0.6) is 0 Å². The quantitative estimate of drug-likeness (QED) is 0.0149. The fourth-order valence-electron chi connectivity index (χ4n) is 11.6. The predicted octanol–water partition coefficient (Wildman–Crippen LogP) is -5.20. The van der Waals surface area contributed by atoms with Crippen molar-refractivity contribution in [2.24, 2.45) is 17.4 Å². The van der Waals surface area contributed by atoms with Crippen LogP contribution in [-0.4, -0.2) is 248 Å². The molecule has 1 saturated heterocycles. The number of carboxylic acid groups (broad SMARTS) is 4. The van der Waals surface area contributed by atoms with Crippen LogP contribution < -0.4 is 80.6 Å². The zero-order valence-corrected chi connectivity index (χ0v) is 63.1. The van der Waals surface area contributed by atoms with Crippen LogP contribution in [0.4, 0.5) is 0 Å². The lowest BCUT2D eigenvalue weighted by Gasteiger charge is -2.30. The van der Waals surface area contributed by atoms with Gasteiger partial charge in [0.15, 0.2) is 5.78 Å². The second-order valence-corrected chi connectivity index (χ2v) is 27.0.